The lowest BCUT2D eigenvalue weighted by molar-refractivity contribution is 0.0617. The average molecular weight is 582 g/mol. The number of rotatable bonds is 15. The summed E-state index contributed by atoms with van der Waals surface area (Å²) in [4.78, 5) is 25.5. The third kappa shape index (κ3) is 7.32. The first-order valence-corrected chi connectivity index (χ1v) is 13.8. The van der Waals surface area contributed by atoms with Gasteiger partial charge in [-0.15, -0.1) is 0 Å². The van der Waals surface area contributed by atoms with Crippen LogP contribution in [-0.2, 0) is 11.3 Å². The van der Waals surface area contributed by atoms with Gasteiger partial charge < -0.3 is 29.7 Å². The molecule has 1 atom stereocenters. The van der Waals surface area contributed by atoms with Crippen molar-refractivity contribution in [3.05, 3.63) is 38.7 Å². The molecular weight excluding hydrogens is 543 g/mol. The summed E-state index contributed by atoms with van der Waals surface area (Å²) in [6, 6.07) is 3.29. The minimum atomic E-state index is -0.320. The lowest BCUT2D eigenvalue weighted by Crippen LogP contribution is -2.29. The van der Waals surface area contributed by atoms with Crippen LogP contribution in [0.1, 0.15) is 20.8 Å². The Morgan fingerprint density at radius 1 is 1.10 bits per heavy atom. The van der Waals surface area contributed by atoms with Gasteiger partial charge in [-0.25, -0.2) is 4.98 Å². The fraction of sp³-hybridized carbons (Fsp3) is 0.519. The molecule has 10 nitrogen and oxygen atoms in total. The van der Waals surface area contributed by atoms with Gasteiger partial charge in [0.15, 0.2) is 0 Å². The zero-order valence-corrected chi connectivity index (χ0v) is 24.9. The predicted molar refractivity (Wildman–Crippen MR) is 158 cm³/mol. The maximum atomic E-state index is 14.0. The molecule has 3 aromatic rings. The number of hydrogen-bond donors (Lipinski definition) is 2. The van der Waals surface area contributed by atoms with Crippen molar-refractivity contribution < 1.29 is 14.2 Å². The smallest absolute Gasteiger partial charge is 0.260 e. The van der Waals surface area contributed by atoms with Gasteiger partial charge in [0.25, 0.3) is 5.56 Å². The molecule has 0 spiro atoms. The van der Waals surface area contributed by atoms with E-state index in [0.29, 0.717) is 53.7 Å². The van der Waals surface area contributed by atoms with Crippen LogP contribution in [0.4, 0.5) is 5.95 Å². The van der Waals surface area contributed by atoms with Crippen molar-refractivity contribution in [1.29, 1.82) is 0 Å². The lowest BCUT2D eigenvalue weighted by atomic mass is 10.0. The Balaban J connectivity index is 2.11. The molecule has 0 saturated carbocycles. The standard InChI is InChI=1S/C27H38Cl2N6O4/c1-7-34(8-2)10-9-31-27-32-16-18-13-19(22-23(28)20(37-5)14-21(38-6)24(22)29)26(36)35(25(18)33-27)11-12-39-17(3)15-30-4/h13-14,16-17,30H,7-12,15H2,1-6H3,(H,31,32,33). The van der Waals surface area contributed by atoms with Crippen molar-refractivity contribution in [3.8, 4) is 22.6 Å². The van der Waals surface area contributed by atoms with E-state index in [1.807, 2.05) is 14.0 Å². The zero-order valence-electron chi connectivity index (χ0n) is 23.4. The van der Waals surface area contributed by atoms with Gasteiger partial charge in [0.2, 0.25) is 5.95 Å². The van der Waals surface area contributed by atoms with Crippen LogP contribution < -0.4 is 25.7 Å². The molecular formula is C27H38Cl2N6O4. The Kier molecular flexibility index (Phi) is 11.6. The molecule has 12 heteroatoms. The van der Waals surface area contributed by atoms with E-state index >= 15 is 0 Å². The number of nitrogens with one attached hydrogen (secondary N) is 2. The number of benzene rings is 1. The molecule has 0 aliphatic rings. The van der Waals surface area contributed by atoms with Crippen molar-refractivity contribution in [1.82, 2.24) is 24.8 Å². The second-order valence-electron chi connectivity index (χ2n) is 8.96. The summed E-state index contributed by atoms with van der Waals surface area (Å²) in [6.45, 7) is 10.9. The highest BCUT2D eigenvalue weighted by Gasteiger charge is 2.23. The fourth-order valence-electron chi connectivity index (χ4n) is 4.31. The maximum Gasteiger partial charge on any atom is 0.260 e. The molecule has 2 heterocycles. The van der Waals surface area contributed by atoms with Gasteiger partial charge in [0, 0.05) is 42.8 Å². The number of likely N-dealkylation sites (N-methyl/N-ethyl adjacent to an activating group) is 2. The van der Waals surface area contributed by atoms with E-state index in [9.17, 15) is 4.79 Å². The maximum absolute atomic E-state index is 14.0. The van der Waals surface area contributed by atoms with Gasteiger partial charge in [0.1, 0.15) is 17.1 Å². The topological polar surface area (TPSA) is 103 Å². The Morgan fingerprint density at radius 3 is 2.36 bits per heavy atom. The van der Waals surface area contributed by atoms with Gasteiger partial charge in [-0.1, -0.05) is 37.0 Å². The second-order valence-corrected chi connectivity index (χ2v) is 9.72. The summed E-state index contributed by atoms with van der Waals surface area (Å²) in [5.41, 5.74) is 0.764. The Labute approximate surface area is 239 Å². The van der Waals surface area contributed by atoms with E-state index in [1.54, 1.807) is 22.9 Å². The highest BCUT2D eigenvalue weighted by Crippen LogP contribution is 2.45. The lowest BCUT2D eigenvalue weighted by Gasteiger charge is -2.19. The number of ether oxygens (including phenoxy) is 3. The van der Waals surface area contributed by atoms with Crippen LogP contribution in [-0.4, -0.2) is 86.1 Å². The number of aromatic nitrogens is 3. The van der Waals surface area contributed by atoms with Crippen molar-refractivity contribution >= 4 is 40.2 Å². The monoisotopic (exact) mass is 580 g/mol. The second kappa shape index (κ2) is 14.7. The number of nitrogens with zero attached hydrogens (tertiary/aromatic N) is 4. The molecule has 214 valence electrons. The van der Waals surface area contributed by atoms with E-state index in [1.165, 1.54) is 14.2 Å². The van der Waals surface area contributed by atoms with E-state index < -0.39 is 0 Å². The molecule has 0 saturated heterocycles. The molecule has 0 radical (unpaired) electrons. The van der Waals surface area contributed by atoms with Crippen LogP contribution in [0.25, 0.3) is 22.2 Å². The fourth-order valence-corrected chi connectivity index (χ4v) is 5.01. The highest BCUT2D eigenvalue weighted by atomic mass is 35.5. The van der Waals surface area contributed by atoms with Gasteiger partial charge in [0.05, 0.1) is 49.1 Å². The Morgan fingerprint density at radius 2 is 1.77 bits per heavy atom. The summed E-state index contributed by atoms with van der Waals surface area (Å²) in [7, 11) is 4.84. The third-order valence-electron chi connectivity index (χ3n) is 6.48. The zero-order chi connectivity index (χ0) is 28.5. The van der Waals surface area contributed by atoms with Crippen LogP contribution in [0, 0.1) is 0 Å². The van der Waals surface area contributed by atoms with Crippen molar-refractivity contribution in [2.45, 2.75) is 33.4 Å². The van der Waals surface area contributed by atoms with Gasteiger partial charge in [-0.2, -0.15) is 4.98 Å². The minimum Gasteiger partial charge on any atom is -0.495 e. The molecule has 1 aromatic carbocycles. The third-order valence-corrected chi connectivity index (χ3v) is 7.23. The molecule has 1 unspecified atom stereocenters. The summed E-state index contributed by atoms with van der Waals surface area (Å²) in [5.74, 6) is 1.12. The normalized spacial score (nSPS) is 12.2. The average Bonchev–Trinajstić information content (AvgIpc) is 2.93. The number of fused-ring (bicyclic) bond motifs is 1. The minimum absolute atomic E-state index is 0.0291. The van der Waals surface area contributed by atoms with E-state index in [4.69, 9.17) is 42.4 Å². The molecule has 0 aliphatic heterocycles. The van der Waals surface area contributed by atoms with Gasteiger partial charge >= 0.3 is 0 Å². The molecule has 0 amide bonds. The van der Waals surface area contributed by atoms with Crippen molar-refractivity contribution in [2.24, 2.45) is 0 Å². The number of hydrogen-bond acceptors (Lipinski definition) is 9. The Hall–Kier alpha value is -2.63. The van der Waals surface area contributed by atoms with Gasteiger partial charge in [-0.05, 0) is 33.1 Å². The molecule has 39 heavy (non-hydrogen) atoms. The molecule has 2 N–H and O–H groups in total. The van der Waals surface area contributed by atoms with E-state index in [0.717, 1.165) is 19.6 Å². The summed E-state index contributed by atoms with van der Waals surface area (Å²) < 4.78 is 18.3. The number of methoxy groups -OCH3 is 2. The van der Waals surface area contributed by atoms with Gasteiger partial charge in [-0.3, -0.25) is 9.36 Å². The summed E-state index contributed by atoms with van der Waals surface area (Å²) >= 11 is 13.4. The number of anilines is 1. The molecule has 2 aromatic heterocycles. The molecule has 3 rings (SSSR count). The molecule has 0 fully saturated rings. The van der Waals surface area contributed by atoms with E-state index in [-0.39, 0.29) is 33.8 Å². The number of pyridine rings is 1. The number of halogens is 2. The highest BCUT2D eigenvalue weighted by molar-refractivity contribution is 6.41. The van der Waals surface area contributed by atoms with Crippen molar-refractivity contribution in [2.75, 3.05) is 65.9 Å². The first-order valence-electron chi connectivity index (χ1n) is 13.0. The summed E-state index contributed by atoms with van der Waals surface area (Å²) in [5, 5.41) is 7.43. The van der Waals surface area contributed by atoms with Crippen molar-refractivity contribution in [3.63, 3.8) is 0 Å². The van der Waals surface area contributed by atoms with Crippen LogP contribution in [0.3, 0.4) is 0 Å². The first kappa shape index (κ1) is 30.9. The summed E-state index contributed by atoms with van der Waals surface area (Å²) in [6.07, 6.45) is 1.66. The van der Waals surface area contributed by atoms with Crippen LogP contribution in [0.15, 0.2) is 23.1 Å². The van der Waals surface area contributed by atoms with E-state index in [2.05, 4.69) is 34.4 Å². The van der Waals surface area contributed by atoms with Crippen LogP contribution in [0.2, 0.25) is 10.0 Å². The SMILES string of the molecule is CCN(CC)CCNc1ncc2cc(-c3c(Cl)c(OC)cc(OC)c3Cl)c(=O)n(CCOC(C)CNC)c2n1. The molecule has 0 bridgehead atoms. The van der Waals surface area contributed by atoms with Crippen LogP contribution >= 0.6 is 23.2 Å². The quantitative estimate of drug-likeness (QED) is 0.274. The Bertz CT molecular complexity index is 1290. The predicted octanol–water partition coefficient (Wildman–Crippen LogP) is 4.16. The van der Waals surface area contributed by atoms with Crippen LogP contribution in [0.5, 0.6) is 11.5 Å². The first-order chi connectivity index (χ1) is 18.8. The largest absolute Gasteiger partial charge is 0.495 e. The molecule has 0 aliphatic carbocycles.